The Morgan fingerprint density at radius 3 is 2.42 bits per heavy atom. The number of alkyl halides is 3. The van der Waals surface area contributed by atoms with Crippen LogP contribution in [0.15, 0.2) is 22.7 Å². The number of rotatable bonds is 3. The Labute approximate surface area is 117 Å². The van der Waals surface area contributed by atoms with Crippen LogP contribution in [0.5, 0.6) is 0 Å². The summed E-state index contributed by atoms with van der Waals surface area (Å²) in [6.45, 7) is 3.56. The summed E-state index contributed by atoms with van der Waals surface area (Å²) in [5.41, 5.74) is 3.83. The molecular weight excluding hydrogens is 325 g/mol. The quantitative estimate of drug-likeness (QED) is 0.890. The summed E-state index contributed by atoms with van der Waals surface area (Å²) in [5, 5.41) is 2.57. The largest absolute Gasteiger partial charge is 0.417 e. The highest BCUT2D eigenvalue weighted by molar-refractivity contribution is 9.10. The molecule has 0 atom stereocenters. The minimum absolute atomic E-state index is 0.0583. The fraction of sp³-hybridized carbons (Fsp3) is 0.417. The Balaban J connectivity index is 3.07. The summed E-state index contributed by atoms with van der Waals surface area (Å²) in [6, 6.07) is 3.33. The molecule has 0 aliphatic rings. The van der Waals surface area contributed by atoms with Crippen LogP contribution in [-0.2, 0) is 6.18 Å². The minimum Gasteiger partial charge on any atom is -0.346 e. The predicted molar refractivity (Wildman–Crippen MR) is 69.7 cm³/mol. The van der Waals surface area contributed by atoms with Gasteiger partial charge in [0.2, 0.25) is 0 Å². The Morgan fingerprint density at radius 2 is 1.95 bits per heavy atom. The van der Waals surface area contributed by atoms with Crippen molar-refractivity contribution in [2.45, 2.75) is 25.6 Å². The van der Waals surface area contributed by atoms with E-state index >= 15 is 0 Å². The molecule has 3 N–H and O–H groups in total. The molecule has 0 saturated heterocycles. The van der Waals surface area contributed by atoms with Gasteiger partial charge in [-0.05, 0) is 32.0 Å². The average molecular weight is 339 g/mol. The van der Waals surface area contributed by atoms with Crippen LogP contribution in [0.25, 0.3) is 0 Å². The van der Waals surface area contributed by atoms with Crippen LogP contribution in [0.4, 0.5) is 13.2 Å². The first kappa shape index (κ1) is 16.0. The first-order valence-corrected chi connectivity index (χ1v) is 6.25. The maximum Gasteiger partial charge on any atom is 0.417 e. The SMILES string of the molecule is CC(C)(CN)NC(=O)c1ccc(Br)c(C(F)(F)F)c1. The Kier molecular flexibility index (Phi) is 4.63. The lowest BCUT2D eigenvalue weighted by Gasteiger charge is -2.24. The number of nitrogens with two attached hydrogens (primary N) is 1. The first-order valence-electron chi connectivity index (χ1n) is 5.46. The van der Waals surface area contributed by atoms with Crippen LogP contribution < -0.4 is 11.1 Å². The Hall–Kier alpha value is -1.08. The molecule has 0 bridgehead atoms. The van der Waals surface area contributed by atoms with E-state index in [-0.39, 0.29) is 16.6 Å². The van der Waals surface area contributed by atoms with Gasteiger partial charge in [0.15, 0.2) is 0 Å². The van der Waals surface area contributed by atoms with Crippen LogP contribution in [0.3, 0.4) is 0 Å². The van der Waals surface area contributed by atoms with Crippen LogP contribution in [0.1, 0.15) is 29.8 Å². The normalized spacial score (nSPS) is 12.4. The number of hydrogen-bond donors (Lipinski definition) is 2. The zero-order valence-electron chi connectivity index (χ0n) is 10.4. The molecular formula is C12H14BrF3N2O. The van der Waals surface area contributed by atoms with Crippen molar-refractivity contribution in [2.75, 3.05) is 6.54 Å². The molecule has 7 heteroatoms. The highest BCUT2D eigenvalue weighted by Crippen LogP contribution is 2.35. The standard InChI is InChI=1S/C12H14BrF3N2O/c1-11(2,6-17)18-10(19)7-3-4-9(13)8(5-7)12(14,15)16/h3-5H,6,17H2,1-2H3,(H,18,19). The van der Waals surface area contributed by atoms with E-state index < -0.39 is 23.2 Å². The second-order valence-electron chi connectivity index (χ2n) is 4.73. The van der Waals surface area contributed by atoms with E-state index in [4.69, 9.17) is 5.73 Å². The van der Waals surface area contributed by atoms with E-state index in [0.717, 1.165) is 6.07 Å². The minimum atomic E-state index is -4.52. The van der Waals surface area contributed by atoms with E-state index in [9.17, 15) is 18.0 Å². The van der Waals surface area contributed by atoms with E-state index in [1.54, 1.807) is 13.8 Å². The molecule has 0 fully saturated rings. The molecule has 3 nitrogen and oxygen atoms in total. The van der Waals surface area contributed by atoms with Crippen molar-refractivity contribution < 1.29 is 18.0 Å². The van der Waals surface area contributed by atoms with Gasteiger partial charge in [0.05, 0.1) is 5.56 Å². The number of benzene rings is 1. The fourth-order valence-electron chi connectivity index (χ4n) is 1.31. The Morgan fingerprint density at radius 1 is 1.37 bits per heavy atom. The lowest BCUT2D eigenvalue weighted by atomic mass is 10.0. The summed E-state index contributed by atoms with van der Waals surface area (Å²) < 4.78 is 38.0. The maximum absolute atomic E-state index is 12.7. The van der Waals surface area contributed by atoms with Gasteiger partial charge in [0, 0.05) is 22.1 Å². The highest BCUT2D eigenvalue weighted by atomic mass is 79.9. The molecule has 0 radical (unpaired) electrons. The van der Waals surface area contributed by atoms with E-state index in [1.807, 2.05) is 0 Å². The second-order valence-corrected chi connectivity index (χ2v) is 5.59. The maximum atomic E-state index is 12.7. The number of halogens is 4. The zero-order valence-corrected chi connectivity index (χ0v) is 12.0. The molecule has 1 aromatic carbocycles. The predicted octanol–water partition coefficient (Wildman–Crippen LogP) is 2.94. The third-order valence-corrected chi connectivity index (χ3v) is 3.19. The van der Waals surface area contributed by atoms with Crippen LogP contribution >= 0.6 is 15.9 Å². The van der Waals surface area contributed by atoms with Crippen molar-refractivity contribution in [3.63, 3.8) is 0 Å². The van der Waals surface area contributed by atoms with Gasteiger partial charge in [0.25, 0.3) is 5.91 Å². The van der Waals surface area contributed by atoms with Crippen molar-refractivity contribution >= 4 is 21.8 Å². The summed E-state index contributed by atoms with van der Waals surface area (Å²) >= 11 is 2.82. The zero-order chi connectivity index (χ0) is 14.8. The number of nitrogens with one attached hydrogen (secondary N) is 1. The lowest BCUT2D eigenvalue weighted by molar-refractivity contribution is -0.138. The fourth-order valence-corrected chi connectivity index (χ4v) is 1.79. The number of carbonyl (C=O) groups excluding carboxylic acids is 1. The summed E-state index contributed by atoms with van der Waals surface area (Å²) in [4.78, 5) is 11.9. The number of hydrogen-bond acceptors (Lipinski definition) is 2. The van der Waals surface area contributed by atoms with Crippen LogP contribution in [0, 0.1) is 0 Å². The molecule has 1 aromatic rings. The lowest BCUT2D eigenvalue weighted by Crippen LogP contribution is -2.48. The average Bonchev–Trinajstić information content (AvgIpc) is 2.27. The van der Waals surface area contributed by atoms with Gasteiger partial charge in [-0.1, -0.05) is 15.9 Å². The highest BCUT2D eigenvalue weighted by Gasteiger charge is 2.33. The second kappa shape index (κ2) is 5.50. The monoisotopic (exact) mass is 338 g/mol. The third-order valence-electron chi connectivity index (χ3n) is 2.50. The smallest absolute Gasteiger partial charge is 0.346 e. The topological polar surface area (TPSA) is 55.1 Å². The molecule has 0 aromatic heterocycles. The molecule has 1 rings (SSSR count). The van der Waals surface area contributed by atoms with Gasteiger partial charge < -0.3 is 11.1 Å². The van der Waals surface area contributed by atoms with E-state index in [0.29, 0.717) is 0 Å². The molecule has 0 aliphatic heterocycles. The van der Waals surface area contributed by atoms with E-state index in [1.165, 1.54) is 12.1 Å². The molecule has 1 amide bonds. The van der Waals surface area contributed by atoms with Crippen molar-refractivity contribution in [2.24, 2.45) is 5.73 Å². The summed E-state index contributed by atoms with van der Waals surface area (Å²) in [6.07, 6.45) is -4.52. The molecule has 19 heavy (non-hydrogen) atoms. The van der Waals surface area contributed by atoms with Crippen molar-refractivity contribution in [1.82, 2.24) is 5.32 Å². The van der Waals surface area contributed by atoms with Crippen molar-refractivity contribution in [1.29, 1.82) is 0 Å². The molecule has 0 aliphatic carbocycles. The van der Waals surface area contributed by atoms with Crippen LogP contribution in [0.2, 0.25) is 0 Å². The molecule has 0 heterocycles. The summed E-state index contributed by atoms with van der Waals surface area (Å²) in [5.74, 6) is -0.589. The summed E-state index contributed by atoms with van der Waals surface area (Å²) in [7, 11) is 0. The van der Waals surface area contributed by atoms with Crippen LogP contribution in [-0.4, -0.2) is 18.0 Å². The van der Waals surface area contributed by atoms with Gasteiger partial charge in [0.1, 0.15) is 0 Å². The molecule has 0 spiro atoms. The number of carbonyl (C=O) groups is 1. The number of amides is 1. The molecule has 106 valence electrons. The van der Waals surface area contributed by atoms with Gasteiger partial charge >= 0.3 is 6.18 Å². The van der Waals surface area contributed by atoms with Gasteiger partial charge in [-0.2, -0.15) is 13.2 Å². The van der Waals surface area contributed by atoms with Crippen molar-refractivity contribution in [3.05, 3.63) is 33.8 Å². The van der Waals surface area contributed by atoms with Gasteiger partial charge in [-0.3, -0.25) is 4.79 Å². The third kappa shape index (κ3) is 4.21. The molecule has 0 saturated carbocycles. The Bertz CT molecular complexity index is 486. The van der Waals surface area contributed by atoms with Crippen molar-refractivity contribution in [3.8, 4) is 0 Å². The molecule has 0 unspecified atom stereocenters. The van der Waals surface area contributed by atoms with Gasteiger partial charge in [-0.15, -0.1) is 0 Å². The first-order chi connectivity index (χ1) is 8.57. The van der Waals surface area contributed by atoms with Gasteiger partial charge in [-0.25, -0.2) is 0 Å². The van der Waals surface area contributed by atoms with E-state index in [2.05, 4.69) is 21.2 Å².